The van der Waals surface area contributed by atoms with E-state index in [1.807, 2.05) is 0 Å². The third-order valence-electron chi connectivity index (χ3n) is 3.45. The maximum absolute atomic E-state index is 13.3. The van der Waals surface area contributed by atoms with Crippen LogP contribution in [0.4, 0.5) is 26.3 Å². The minimum Gasteiger partial charge on any atom is -0.374 e. The molecule has 1 heterocycles. The molecule has 1 unspecified atom stereocenters. The fraction of sp³-hybridized carbons (Fsp3) is 0.714. The second-order valence-corrected chi connectivity index (χ2v) is 5.52. The van der Waals surface area contributed by atoms with E-state index in [-0.39, 0.29) is 5.96 Å². The predicted molar refractivity (Wildman–Crippen MR) is 82.4 cm³/mol. The number of hydrogen-bond acceptors (Lipinski definition) is 3. The van der Waals surface area contributed by atoms with E-state index in [0.717, 1.165) is 10.8 Å². The highest BCUT2D eigenvalue weighted by Gasteiger charge is 2.57. The Balaban J connectivity index is 2.82. The van der Waals surface area contributed by atoms with Gasteiger partial charge in [0.05, 0.1) is 6.42 Å². The van der Waals surface area contributed by atoms with Crippen LogP contribution >= 0.6 is 0 Å². The highest BCUT2D eigenvalue weighted by Crippen LogP contribution is 2.40. The number of aryl methyl sites for hydroxylation is 1. The van der Waals surface area contributed by atoms with Gasteiger partial charge in [-0.1, -0.05) is 0 Å². The molecule has 26 heavy (non-hydrogen) atoms. The molecule has 1 aromatic heterocycles. The first kappa shape index (κ1) is 22.1. The second kappa shape index (κ2) is 8.60. The van der Waals surface area contributed by atoms with Crippen molar-refractivity contribution in [2.75, 3.05) is 19.6 Å². The van der Waals surface area contributed by atoms with Crippen LogP contribution in [0.1, 0.15) is 25.6 Å². The van der Waals surface area contributed by atoms with E-state index >= 15 is 0 Å². The van der Waals surface area contributed by atoms with Gasteiger partial charge in [-0.05, 0) is 6.92 Å². The quantitative estimate of drug-likeness (QED) is 0.379. The number of nitrogens with zero attached hydrogens (tertiary/aromatic N) is 3. The molecule has 1 rings (SSSR count). The zero-order valence-corrected chi connectivity index (χ0v) is 14.2. The van der Waals surface area contributed by atoms with Gasteiger partial charge in [0.15, 0.2) is 5.96 Å². The van der Waals surface area contributed by atoms with E-state index in [9.17, 15) is 31.4 Å². The second-order valence-electron chi connectivity index (χ2n) is 5.52. The topological polar surface area (TPSA) is 74.5 Å². The number of imidazole rings is 1. The van der Waals surface area contributed by atoms with Gasteiger partial charge in [-0.3, -0.25) is 4.99 Å². The number of hydrogen-bond donors (Lipinski definition) is 3. The van der Waals surface area contributed by atoms with Crippen molar-refractivity contribution in [1.29, 1.82) is 0 Å². The van der Waals surface area contributed by atoms with E-state index in [2.05, 4.69) is 20.6 Å². The van der Waals surface area contributed by atoms with Gasteiger partial charge in [0.1, 0.15) is 5.82 Å². The Kier molecular flexibility index (Phi) is 7.30. The van der Waals surface area contributed by atoms with Crippen LogP contribution in [0.5, 0.6) is 0 Å². The molecule has 150 valence electrons. The molecule has 0 aromatic carbocycles. The van der Waals surface area contributed by atoms with Crippen LogP contribution in [0.3, 0.4) is 0 Å². The van der Waals surface area contributed by atoms with E-state index < -0.39 is 49.7 Å². The summed E-state index contributed by atoms with van der Waals surface area (Å²) in [6, 6.07) is 0. The lowest BCUT2D eigenvalue weighted by Gasteiger charge is -2.29. The van der Waals surface area contributed by atoms with Crippen LogP contribution < -0.4 is 10.6 Å². The highest BCUT2D eigenvalue weighted by atomic mass is 19.4. The first-order chi connectivity index (χ1) is 11.9. The maximum Gasteiger partial charge on any atom is 0.424 e. The molecule has 1 aromatic rings. The molecule has 12 heteroatoms. The fourth-order valence-electron chi connectivity index (χ4n) is 2.14. The number of aliphatic imine (C=N–C) groups is 1. The molecule has 0 amide bonds. The predicted octanol–water partition coefficient (Wildman–Crippen LogP) is 2.07. The van der Waals surface area contributed by atoms with Crippen LogP contribution in [0.25, 0.3) is 0 Å². The molecular weight excluding hydrogens is 368 g/mol. The summed E-state index contributed by atoms with van der Waals surface area (Å²) >= 11 is 0. The Morgan fingerprint density at radius 3 is 2.31 bits per heavy atom. The Bertz CT molecular complexity index is 597. The lowest BCUT2D eigenvalue weighted by Crippen LogP contribution is -2.45. The van der Waals surface area contributed by atoms with Crippen molar-refractivity contribution in [1.82, 2.24) is 20.2 Å². The molecular formula is C14H21F6N5O. The number of nitrogens with one attached hydrogen (secondary N) is 2. The summed E-state index contributed by atoms with van der Waals surface area (Å²) < 4.78 is 77.6. The molecule has 3 N–H and O–H groups in total. The van der Waals surface area contributed by atoms with Crippen LogP contribution in [-0.4, -0.2) is 52.6 Å². The zero-order chi connectivity index (χ0) is 20.0. The van der Waals surface area contributed by atoms with Crippen molar-refractivity contribution < 1.29 is 31.4 Å². The average molecular weight is 389 g/mol. The van der Waals surface area contributed by atoms with Gasteiger partial charge in [-0.15, -0.1) is 0 Å². The van der Waals surface area contributed by atoms with Gasteiger partial charge in [0, 0.05) is 45.5 Å². The van der Waals surface area contributed by atoms with E-state index in [0.29, 0.717) is 6.54 Å². The van der Waals surface area contributed by atoms with Gasteiger partial charge < -0.3 is 20.3 Å². The number of guanidine groups is 1. The van der Waals surface area contributed by atoms with Crippen molar-refractivity contribution in [2.24, 2.45) is 12.0 Å². The van der Waals surface area contributed by atoms with Gasteiger partial charge in [0.2, 0.25) is 5.60 Å². The molecule has 1 atom stereocenters. The monoisotopic (exact) mass is 389 g/mol. The summed E-state index contributed by atoms with van der Waals surface area (Å²) in [5.41, 5.74) is -3.22. The van der Waals surface area contributed by atoms with E-state index in [4.69, 9.17) is 0 Å². The first-order valence-electron chi connectivity index (χ1n) is 7.76. The number of aliphatic hydroxyl groups is 1. The number of aromatic nitrogens is 2. The van der Waals surface area contributed by atoms with Crippen molar-refractivity contribution in [3.63, 3.8) is 0 Å². The molecule has 6 nitrogen and oxygen atoms in total. The number of halogens is 6. The Morgan fingerprint density at radius 1 is 1.19 bits per heavy atom. The summed E-state index contributed by atoms with van der Waals surface area (Å²) in [4.78, 5) is 7.35. The normalized spacial score (nSPS) is 15.7. The van der Waals surface area contributed by atoms with Crippen LogP contribution in [-0.2, 0) is 12.6 Å². The largest absolute Gasteiger partial charge is 0.424 e. The lowest BCUT2D eigenvalue weighted by atomic mass is 9.98. The SMILES string of the molecule is CCNC(=NCCC(O)(c1nccn1C)C(F)(F)F)NCCC(F)(F)F. The van der Waals surface area contributed by atoms with Gasteiger partial charge in [-0.2, -0.15) is 26.3 Å². The Labute approximate surface area is 146 Å². The molecule has 0 aliphatic carbocycles. The van der Waals surface area contributed by atoms with Crippen molar-refractivity contribution in [2.45, 2.75) is 37.7 Å². The molecule has 0 saturated carbocycles. The van der Waals surface area contributed by atoms with E-state index in [1.165, 1.54) is 13.2 Å². The average Bonchev–Trinajstić information content (AvgIpc) is 2.91. The lowest BCUT2D eigenvalue weighted by molar-refractivity contribution is -0.272. The summed E-state index contributed by atoms with van der Waals surface area (Å²) in [5.74, 6) is -0.656. The summed E-state index contributed by atoms with van der Waals surface area (Å²) in [5, 5.41) is 15.2. The Morgan fingerprint density at radius 2 is 1.85 bits per heavy atom. The van der Waals surface area contributed by atoms with Gasteiger partial charge >= 0.3 is 12.4 Å². The minimum absolute atomic E-state index is 0.0684. The zero-order valence-electron chi connectivity index (χ0n) is 14.2. The first-order valence-corrected chi connectivity index (χ1v) is 7.76. The standard InChI is InChI=1S/C14H21F6N5O/c1-3-21-11(24-7-5-13(15,16)17)23-6-4-12(26,14(18,19)20)10-22-8-9-25(10)2/h8-9,26H,3-7H2,1-2H3,(H2,21,23,24). The molecule has 0 saturated heterocycles. The highest BCUT2D eigenvalue weighted by molar-refractivity contribution is 5.79. The molecule has 0 aliphatic heterocycles. The molecule has 0 aliphatic rings. The smallest absolute Gasteiger partial charge is 0.374 e. The van der Waals surface area contributed by atoms with Crippen LogP contribution in [0.15, 0.2) is 17.4 Å². The molecule has 0 bridgehead atoms. The van der Waals surface area contributed by atoms with Gasteiger partial charge in [-0.25, -0.2) is 4.98 Å². The van der Waals surface area contributed by atoms with Crippen molar-refractivity contribution in [3.8, 4) is 0 Å². The van der Waals surface area contributed by atoms with E-state index in [1.54, 1.807) is 6.92 Å². The van der Waals surface area contributed by atoms with Gasteiger partial charge in [0.25, 0.3) is 0 Å². The van der Waals surface area contributed by atoms with Crippen molar-refractivity contribution in [3.05, 3.63) is 18.2 Å². The van der Waals surface area contributed by atoms with Crippen molar-refractivity contribution >= 4 is 5.96 Å². The van der Waals surface area contributed by atoms with Crippen LogP contribution in [0.2, 0.25) is 0 Å². The Hall–Kier alpha value is -1.98. The molecule has 0 fully saturated rings. The maximum atomic E-state index is 13.3. The number of alkyl halides is 6. The third-order valence-corrected chi connectivity index (χ3v) is 3.45. The summed E-state index contributed by atoms with van der Waals surface area (Å²) in [7, 11) is 1.31. The third kappa shape index (κ3) is 6.07. The molecule has 0 spiro atoms. The number of rotatable bonds is 7. The minimum atomic E-state index is -5.00. The molecule has 0 radical (unpaired) electrons. The fourth-order valence-corrected chi connectivity index (χ4v) is 2.14. The summed E-state index contributed by atoms with van der Waals surface area (Å²) in [6.45, 7) is 1.00. The summed E-state index contributed by atoms with van der Waals surface area (Å²) in [6.07, 6.45) is -8.92. The van der Waals surface area contributed by atoms with Crippen LogP contribution in [0, 0.1) is 0 Å².